The number of nitro benzene ring substituents is 1. The van der Waals surface area contributed by atoms with Crippen LogP contribution in [0.3, 0.4) is 0 Å². The Balaban J connectivity index is 1.49. The van der Waals surface area contributed by atoms with E-state index in [2.05, 4.69) is 20.6 Å². The minimum atomic E-state index is -0.624. The van der Waals surface area contributed by atoms with Crippen LogP contribution in [0.2, 0.25) is 0 Å². The van der Waals surface area contributed by atoms with Crippen molar-refractivity contribution in [3.63, 3.8) is 0 Å². The van der Waals surface area contributed by atoms with E-state index in [9.17, 15) is 20.2 Å². The summed E-state index contributed by atoms with van der Waals surface area (Å²) in [6, 6.07) is 22.5. The van der Waals surface area contributed by atoms with Crippen molar-refractivity contribution in [1.82, 2.24) is 9.97 Å². The normalized spacial score (nSPS) is 10.4. The lowest BCUT2D eigenvalue weighted by Gasteiger charge is -2.10. The summed E-state index contributed by atoms with van der Waals surface area (Å²) < 4.78 is 5.75. The van der Waals surface area contributed by atoms with Gasteiger partial charge in [0.15, 0.2) is 0 Å². The lowest BCUT2D eigenvalue weighted by atomic mass is 10.2. The Kier molecular flexibility index (Phi) is 6.54. The summed E-state index contributed by atoms with van der Waals surface area (Å²) in [5.74, 6) is 1.39. The molecule has 0 unspecified atom stereocenters. The largest absolute Gasteiger partial charge is 0.457 e. The van der Waals surface area contributed by atoms with Crippen LogP contribution in [0.1, 0.15) is 5.56 Å². The number of hydrogen-bond donors (Lipinski definition) is 2. The minimum absolute atomic E-state index is 0.0278. The molecular weight excluding hydrogens is 440 g/mol. The number of anilines is 3. The zero-order valence-corrected chi connectivity index (χ0v) is 17.6. The fourth-order valence-corrected chi connectivity index (χ4v) is 3.08. The number of benzene rings is 3. The van der Waals surface area contributed by atoms with Crippen molar-refractivity contribution in [2.75, 3.05) is 10.6 Å². The topological polar surface area (TPSA) is 145 Å². The maximum atomic E-state index is 11.4. The molecule has 4 rings (SSSR count). The lowest BCUT2D eigenvalue weighted by molar-refractivity contribution is -0.385. The molecule has 0 fully saturated rings. The van der Waals surface area contributed by atoms with E-state index in [1.807, 2.05) is 30.3 Å². The number of aromatic nitrogens is 2. The first-order valence-electron chi connectivity index (χ1n) is 10.1. The first kappa shape index (κ1) is 22.1. The second-order valence-corrected chi connectivity index (χ2v) is 6.99. The Morgan fingerprint density at radius 2 is 1.44 bits per heavy atom. The van der Waals surface area contributed by atoms with Gasteiger partial charge in [-0.2, -0.15) is 4.98 Å². The number of ether oxygens (including phenoxy) is 1. The van der Waals surface area contributed by atoms with Gasteiger partial charge in [0.25, 0.3) is 5.69 Å². The van der Waals surface area contributed by atoms with Crippen LogP contribution in [-0.2, 0) is 6.54 Å². The molecule has 11 heteroatoms. The van der Waals surface area contributed by atoms with Crippen molar-refractivity contribution >= 4 is 28.8 Å². The van der Waals surface area contributed by atoms with Crippen molar-refractivity contribution in [2.24, 2.45) is 0 Å². The third-order valence-electron chi connectivity index (χ3n) is 4.69. The van der Waals surface area contributed by atoms with E-state index in [0.29, 0.717) is 22.7 Å². The first-order chi connectivity index (χ1) is 16.5. The van der Waals surface area contributed by atoms with E-state index < -0.39 is 9.85 Å². The second kappa shape index (κ2) is 10.0. The Hall–Kier alpha value is -5.06. The van der Waals surface area contributed by atoms with E-state index in [1.165, 1.54) is 6.07 Å². The van der Waals surface area contributed by atoms with E-state index in [4.69, 9.17) is 4.74 Å². The molecule has 3 aromatic carbocycles. The Morgan fingerprint density at radius 3 is 2.15 bits per heavy atom. The predicted molar refractivity (Wildman–Crippen MR) is 125 cm³/mol. The number of nitro groups is 2. The van der Waals surface area contributed by atoms with Gasteiger partial charge in [0.1, 0.15) is 17.7 Å². The molecule has 0 bridgehead atoms. The van der Waals surface area contributed by atoms with Gasteiger partial charge < -0.3 is 15.4 Å². The van der Waals surface area contributed by atoms with Crippen molar-refractivity contribution in [2.45, 2.75) is 6.54 Å². The lowest BCUT2D eigenvalue weighted by Crippen LogP contribution is -2.08. The third-order valence-corrected chi connectivity index (χ3v) is 4.69. The van der Waals surface area contributed by atoms with Crippen LogP contribution in [0.15, 0.2) is 85.1 Å². The molecule has 1 aromatic heterocycles. The molecule has 0 spiro atoms. The molecule has 0 saturated carbocycles. The van der Waals surface area contributed by atoms with Crippen molar-refractivity contribution < 1.29 is 14.6 Å². The van der Waals surface area contributed by atoms with E-state index in [-0.39, 0.29) is 29.7 Å². The summed E-state index contributed by atoms with van der Waals surface area (Å²) in [6.07, 6.45) is 1.07. The van der Waals surface area contributed by atoms with E-state index >= 15 is 0 Å². The average molecular weight is 458 g/mol. The molecule has 2 N–H and O–H groups in total. The fraction of sp³-hybridized carbons (Fsp3) is 0.0435. The molecule has 11 nitrogen and oxygen atoms in total. The van der Waals surface area contributed by atoms with Gasteiger partial charge in [-0.05, 0) is 36.4 Å². The molecule has 0 atom stereocenters. The van der Waals surface area contributed by atoms with Gasteiger partial charge >= 0.3 is 5.69 Å². The second-order valence-electron chi connectivity index (χ2n) is 6.99. The number of nitrogens with zero attached hydrogens (tertiary/aromatic N) is 4. The maximum absolute atomic E-state index is 11.4. The zero-order chi connectivity index (χ0) is 23.9. The van der Waals surface area contributed by atoms with Crippen molar-refractivity contribution in [3.05, 3.63) is 111 Å². The van der Waals surface area contributed by atoms with Crippen LogP contribution in [0.4, 0.5) is 28.8 Å². The highest BCUT2D eigenvalue weighted by atomic mass is 16.6. The van der Waals surface area contributed by atoms with Crippen LogP contribution in [0, 0.1) is 20.2 Å². The Bertz CT molecular complexity index is 1320. The molecule has 0 aliphatic rings. The zero-order valence-electron chi connectivity index (χ0n) is 17.6. The first-order valence-corrected chi connectivity index (χ1v) is 10.1. The van der Waals surface area contributed by atoms with E-state index in [1.54, 1.807) is 42.5 Å². The SMILES string of the molecule is O=[N+]([O-])c1ccccc1CNc1nc(Nc2ccc(Oc3ccccc3)cc2)ncc1[N+](=O)[O-]. The highest BCUT2D eigenvalue weighted by molar-refractivity contribution is 5.61. The molecule has 0 saturated heterocycles. The van der Waals surface area contributed by atoms with Crippen molar-refractivity contribution in [3.8, 4) is 11.5 Å². The van der Waals surface area contributed by atoms with Crippen LogP contribution >= 0.6 is 0 Å². The highest BCUT2D eigenvalue weighted by Gasteiger charge is 2.19. The summed E-state index contributed by atoms with van der Waals surface area (Å²) in [5, 5.41) is 28.4. The smallest absolute Gasteiger partial charge is 0.329 e. The summed E-state index contributed by atoms with van der Waals surface area (Å²) in [7, 11) is 0. The van der Waals surface area contributed by atoms with Gasteiger partial charge in [-0.3, -0.25) is 20.2 Å². The van der Waals surface area contributed by atoms with Crippen molar-refractivity contribution in [1.29, 1.82) is 0 Å². The highest BCUT2D eigenvalue weighted by Crippen LogP contribution is 2.27. The monoisotopic (exact) mass is 458 g/mol. The quantitative estimate of drug-likeness (QED) is 0.247. The molecule has 0 amide bonds. The van der Waals surface area contributed by atoms with Gasteiger partial charge in [-0.25, -0.2) is 4.98 Å². The van der Waals surface area contributed by atoms with Gasteiger partial charge in [0, 0.05) is 23.9 Å². The number of para-hydroxylation sites is 2. The molecule has 0 aliphatic heterocycles. The van der Waals surface area contributed by atoms with Gasteiger partial charge in [0.05, 0.1) is 9.85 Å². The predicted octanol–water partition coefficient (Wildman–Crippen LogP) is 5.44. The van der Waals surface area contributed by atoms with Crippen LogP contribution in [-0.4, -0.2) is 19.8 Å². The fourth-order valence-electron chi connectivity index (χ4n) is 3.08. The number of rotatable bonds is 9. The Morgan fingerprint density at radius 1 is 0.794 bits per heavy atom. The maximum Gasteiger partial charge on any atom is 0.329 e. The van der Waals surface area contributed by atoms with Crippen LogP contribution < -0.4 is 15.4 Å². The molecule has 34 heavy (non-hydrogen) atoms. The van der Waals surface area contributed by atoms with Crippen LogP contribution in [0.25, 0.3) is 0 Å². The van der Waals surface area contributed by atoms with Crippen LogP contribution in [0.5, 0.6) is 11.5 Å². The molecule has 4 aromatic rings. The van der Waals surface area contributed by atoms with Gasteiger partial charge in [-0.15, -0.1) is 0 Å². The Labute approximate surface area is 193 Å². The summed E-state index contributed by atoms with van der Waals surface area (Å²) in [5.41, 5.74) is 0.557. The summed E-state index contributed by atoms with van der Waals surface area (Å²) >= 11 is 0. The average Bonchev–Trinajstić information content (AvgIpc) is 2.84. The molecule has 0 aliphatic carbocycles. The van der Waals surface area contributed by atoms with Gasteiger partial charge in [0.2, 0.25) is 11.8 Å². The standard InChI is InChI=1S/C23H18N6O5/c30-28(31)20-9-5-4-6-16(20)14-24-22-21(29(32)33)15-25-23(27-22)26-17-10-12-19(13-11-17)34-18-7-2-1-3-8-18/h1-13,15H,14H2,(H2,24,25,26,27). The third kappa shape index (κ3) is 5.40. The molecular formula is C23H18N6O5. The summed E-state index contributed by atoms with van der Waals surface area (Å²) in [6.45, 7) is -0.0278. The molecule has 0 radical (unpaired) electrons. The minimum Gasteiger partial charge on any atom is -0.457 e. The van der Waals surface area contributed by atoms with E-state index in [0.717, 1.165) is 6.20 Å². The summed E-state index contributed by atoms with van der Waals surface area (Å²) in [4.78, 5) is 29.7. The van der Waals surface area contributed by atoms with Gasteiger partial charge in [-0.1, -0.05) is 36.4 Å². The number of hydrogen-bond acceptors (Lipinski definition) is 9. The molecule has 1 heterocycles. The number of nitrogens with one attached hydrogen (secondary N) is 2. The molecule has 170 valence electrons.